The zero-order valence-corrected chi connectivity index (χ0v) is 15.9. The number of rotatable bonds is 6. The Morgan fingerprint density at radius 1 is 1.42 bits per heavy atom. The van der Waals surface area contributed by atoms with E-state index in [1.165, 1.54) is 18.4 Å². The number of amides is 1. The van der Waals surface area contributed by atoms with Crippen molar-refractivity contribution in [2.75, 3.05) is 25.2 Å². The number of allylic oxidation sites excluding steroid dienone is 1. The Morgan fingerprint density at radius 3 is 2.81 bits per heavy atom. The van der Waals surface area contributed by atoms with Gasteiger partial charge in [-0.25, -0.2) is 0 Å². The van der Waals surface area contributed by atoms with Gasteiger partial charge in [-0.2, -0.15) is 0 Å². The van der Waals surface area contributed by atoms with Gasteiger partial charge in [0.15, 0.2) is 0 Å². The van der Waals surface area contributed by atoms with Gasteiger partial charge in [-0.1, -0.05) is 13.0 Å². The Bertz CT molecular complexity index is 722. The van der Waals surface area contributed by atoms with Crippen molar-refractivity contribution in [3.05, 3.63) is 35.5 Å². The van der Waals surface area contributed by atoms with Crippen molar-refractivity contribution in [1.29, 1.82) is 0 Å². The molecular weight excluding hydrogens is 326 g/mol. The minimum atomic E-state index is 0.137. The van der Waals surface area contributed by atoms with Crippen molar-refractivity contribution >= 4 is 23.4 Å². The lowest BCUT2D eigenvalue weighted by molar-refractivity contribution is -0.117. The SMILES string of the molecule is COCCN=CC(=CN)c1ccc2c(c1)CC(C)[C@H](C1CC1)N2C(C)=O. The molecule has 0 aromatic heterocycles. The first-order valence-corrected chi connectivity index (χ1v) is 9.40. The summed E-state index contributed by atoms with van der Waals surface area (Å²) in [7, 11) is 1.66. The first-order chi connectivity index (χ1) is 12.6. The number of ether oxygens (including phenoxy) is 1. The second-order valence-corrected chi connectivity index (χ2v) is 7.39. The van der Waals surface area contributed by atoms with E-state index in [9.17, 15) is 4.79 Å². The highest BCUT2D eigenvalue weighted by Crippen LogP contribution is 2.45. The maximum atomic E-state index is 12.4. The van der Waals surface area contributed by atoms with Crippen LogP contribution in [0.15, 0.2) is 29.4 Å². The second kappa shape index (κ2) is 8.04. The third-order valence-electron chi connectivity index (χ3n) is 5.37. The van der Waals surface area contributed by atoms with E-state index in [-0.39, 0.29) is 5.91 Å². The minimum Gasteiger partial charge on any atom is -0.404 e. The maximum absolute atomic E-state index is 12.4. The number of nitrogens with zero attached hydrogens (tertiary/aromatic N) is 2. The normalized spacial score (nSPS) is 23.3. The number of hydrogen-bond donors (Lipinski definition) is 1. The summed E-state index contributed by atoms with van der Waals surface area (Å²) in [5.41, 5.74) is 10.0. The molecule has 1 saturated carbocycles. The largest absolute Gasteiger partial charge is 0.404 e. The standard InChI is InChI=1S/C21H29N3O2/c1-14-10-18-11-17(19(12-22)13-23-8-9-26-3)6-7-20(18)24(15(2)25)21(14)16-4-5-16/h6-7,11-14,16,21H,4-5,8-10,22H2,1-3H3/t14?,21-/m1/s1. The van der Waals surface area contributed by atoms with Gasteiger partial charge in [-0.05, 0) is 54.4 Å². The van der Waals surface area contributed by atoms with Gasteiger partial charge in [-0.15, -0.1) is 0 Å². The first kappa shape index (κ1) is 18.6. The van der Waals surface area contributed by atoms with Gasteiger partial charge in [0.2, 0.25) is 5.91 Å². The number of methoxy groups -OCH3 is 1. The Morgan fingerprint density at radius 2 is 2.19 bits per heavy atom. The van der Waals surface area contributed by atoms with Crippen LogP contribution in [0.1, 0.15) is 37.8 Å². The summed E-state index contributed by atoms with van der Waals surface area (Å²) >= 11 is 0. The fourth-order valence-electron chi connectivity index (χ4n) is 4.06. The van der Waals surface area contributed by atoms with E-state index < -0.39 is 0 Å². The number of nitrogens with two attached hydrogens (primary N) is 1. The Labute approximate surface area is 155 Å². The van der Waals surface area contributed by atoms with Crippen LogP contribution in [-0.2, 0) is 16.0 Å². The number of fused-ring (bicyclic) bond motifs is 1. The predicted octanol–water partition coefficient (Wildman–Crippen LogP) is 3.03. The molecule has 5 heteroatoms. The van der Waals surface area contributed by atoms with Crippen LogP contribution < -0.4 is 10.6 Å². The molecule has 1 amide bonds. The van der Waals surface area contributed by atoms with Gasteiger partial charge >= 0.3 is 0 Å². The average molecular weight is 355 g/mol. The van der Waals surface area contributed by atoms with E-state index >= 15 is 0 Å². The van der Waals surface area contributed by atoms with Crippen molar-refractivity contribution in [3.8, 4) is 0 Å². The quantitative estimate of drug-likeness (QED) is 0.630. The summed E-state index contributed by atoms with van der Waals surface area (Å²) in [5.74, 6) is 1.27. The number of carbonyl (C=O) groups is 1. The van der Waals surface area contributed by atoms with Crippen LogP contribution in [0.3, 0.4) is 0 Å². The van der Waals surface area contributed by atoms with Crippen molar-refractivity contribution in [2.45, 2.75) is 39.2 Å². The third-order valence-corrected chi connectivity index (χ3v) is 5.37. The van der Waals surface area contributed by atoms with Crippen LogP contribution >= 0.6 is 0 Å². The van der Waals surface area contributed by atoms with Crippen LogP contribution in [0.25, 0.3) is 5.57 Å². The zero-order chi connectivity index (χ0) is 18.7. The fourth-order valence-corrected chi connectivity index (χ4v) is 4.06. The van der Waals surface area contributed by atoms with E-state index in [1.54, 1.807) is 26.4 Å². The highest BCUT2D eigenvalue weighted by molar-refractivity contribution is 6.10. The van der Waals surface area contributed by atoms with Gasteiger partial charge in [-0.3, -0.25) is 9.79 Å². The molecule has 2 N–H and O–H groups in total. The third kappa shape index (κ3) is 3.83. The summed E-state index contributed by atoms with van der Waals surface area (Å²) in [4.78, 5) is 18.8. The molecule has 0 spiro atoms. The number of carbonyl (C=O) groups excluding carboxylic acids is 1. The lowest BCUT2D eigenvalue weighted by Gasteiger charge is -2.41. The molecule has 1 aromatic carbocycles. The van der Waals surface area contributed by atoms with Gasteiger partial charge in [0.05, 0.1) is 13.2 Å². The number of anilines is 1. The first-order valence-electron chi connectivity index (χ1n) is 9.40. The molecule has 1 heterocycles. The molecule has 2 atom stereocenters. The van der Waals surface area contributed by atoms with Gasteiger partial charge < -0.3 is 15.4 Å². The van der Waals surface area contributed by atoms with Gasteiger partial charge in [0.1, 0.15) is 0 Å². The molecule has 1 aliphatic heterocycles. The molecule has 140 valence electrons. The molecule has 1 aromatic rings. The topological polar surface area (TPSA) is 67.9 Å². The molecule has 2 aliphatic rings. The van der Waals surface area contributed by atoms with E-state index in [1.807, 2.05) is 11.0 Å². The molecule has 26 heavy (non-hydrogen) atoms. The highest BCUT2D eigenvalue weighted by atomic mass is 16.5. The molecule has 0 bridgehead atoms. The van der Waals surface area contributed by atoms with E-state index in [2.05, 4.69) is 24.0 Å². The second-order valence-electron chi connectivity index (χ2n) is 7.39. The molecule has 3 rings (SSSR count). The van der Waals surface area contributed by atoms with Crippen molar-refractivity contribution in [2.24, 2.45) is 22.6 Å². The van der Waals surface area contributed by atoms with Crippen LogP contribution in [0.2, 0.25) is 0 Å². The lowest BCUT2D eigenvalue weighted by Crippen LogP contribution is -2.48. The average Bonchev–Trinajstić information content (AvgIpc) is 3.45. The number of aliphatic imine (C=N–C) groups is 1. The minimum absolute atomic E-state index is 0.137. The highest BCUT2D eigenvalue weighted by Gasteiger charge is 2.43. The van der Waals surface area contributed by atoms with E-state index in [0.29, 0.717) is 31.0 Å². The summed E-state index contributed by atoms with van der Waals surface area (Å²) in [5, 5.41) is 0. The summed E-state index contributed by atoms with van der Waals surface area (Å²) in [6.45, 7) is 5.14. The van der Waals surface area contributed by atoms with Gasteiger partial charge in [0.25, 0.3) is 0 Å². The van der Waals surface area contributed by atoms with Crippen LogP contribution in [0, 0.1) is 11.8 Å². The van der Waals surface area contributed by atoms with Crippen molar-refractivity contribution < 1.29 is 9.53 Å². The van der Waals surface area contributed by atoms with Crippen LogP contribution in [0.4, 0.5) is 5.69 Å². The summed E-state index contributed by atoms with van der Waals surface area (Å²) in [6.07, 6.45) is 6.85. The summed E-state index contributed by atoms with van der Waals surface area (Å²) in [6, 6.07) is 6.60. The Hall–Kier alpha value is -2.14. The maximum Gasteiger partial charge on any atom is 0.224 e. The Balaban J connectivity index is 1.89. The Kier molecular flexibility index (Phi) is 5.77. The van der Waals surface area contributed by atoms with Crippen molar-refractivity contribution in [3.63, 3.8) is 0 Å². The lowest BCUT2D eigenvalue weighted by atomic mass is 9.83. The summed E-state index contributed by atoms with van der Waals surface area (Å²) < 4.78 is 5.02. The van der Waals surface area contributed by atoms with Gasteiger partial charge in [0, 0.05) is 43.8 Å². The van der Waals surface area contributed by atoms with E-state index in [0.717, 1.165) is 23.2 Å². The molecule has 5 nitrogen and oxygen atoms in total. The molecule has 0 radical (unpaired) electrons. The zero-order valence-electron chi connectivity index (χ0n) is 15.9. The molecular formula is C21H29N3O2. The van der Waals surface area contributed by atoms with Crippen LogP contribution in [-0.4, -0.2) is 38.4 Å². The number of hydrogen-bond acceptors (Lipinski definition) is 4. The fraction of sp³-hybridized carbons (Fsp3) is 0.524. The number of benzene rings is 1. The molecule has 1 aliphatic carbocycles. The van der Waals surface area contributed by atoms with Crippen LogP contribution in [0.5, 0.6) is 0 Å². The van der Waals surface area contributed by atoms with Crippen molar-refractivity contribution in [1.82, 2.24) is 0 Å². The molecule has 1 unspecified atom stereocenters. The monoisotopic (exact) mass is 355 g/mol. The molecule has 1 fully saturated rings. The molecule has 0 saturated heterocycles. The predicted molar refractivity (Wildman–Crippen MR) is 106 cm³/mol. The van der Waals surface area contributed by atoms with E-state index in [4.69, 9.17) is 10.5 Å². The smallest absolute Gasteiger partial charge is 0.224 e.